The van der Waals surface area contributed by atoms with E-state index in [2.05, 4.69) is 75.3 Å². The molecule has 1 saturated heterocycles. The molecule has 186 valence electrons. The van der Waals surface area contributed by atoms with Crippen LogP contribution in [0.25, 0.3) is 10.2 Å². The van der Waals surface area contributed by atoms with Crippen molar-refractivity contribution in [3.05, 3.63) is 78.6 Å². The fraction of sp³-hybridized carbons (Fsp3) is 0.400. The SMILES string of the molecule is CN(c1ccncc1)c1ccc(CN(c2nc3ccccc3s2)C2CCN(C3CCCC3)CC2)cc1. The van der Waals surface area contributed by atoms with Crippen molar-refractivity contribution in [2.75, 3.05) is 29.9 Å². The van der Waals surface area contributed by atoms with E-state index in [9.17, 15) is 0 Å². The molecular weight excluding hydrogens is 462 g/mol. The van der Waals surface area contributed by atoms with Gasteiger partial charge < -0.3 is 14.7 Å². The standard InChI is InChI=1S/C30H35N5S/c1-33(25-14-18-31-19-15-25)24-12-10-23(11-13-24)22-35(30-32-28-8-4-5-9-29(28)36-30)27-16-20-34(21-17-27)26-6-2-3-7-26/h4-5,8-15,18-19,26-27H,2-3,6-7,16-17,20-22H2,1H3. The van der Waals surface area contributed by atoms with Crippen molar-refractivity contribution in [1.82, 2.24) is 14.9 Å². The molecule has 0 spiro atoms. The lowest BCUT2D eigenvalue weighted by atomic mass is 10.0. The first-order valence-corrected chi connectivity index (χ1v) is 14.2. The number of pyridine rings is 1. The van der Waals surface area contributed by atoms with Gasteiger partial charge in [0.1, 0.15) is 0 Å². The van der Waals surface area contributed by atoms with E-state index in [1.165, 1.54) is 67.6 Å². The number of hydrogen-bond donors (Lipinski definition) is 0. The van der Waals surface area contributed by atoms with Crippen molar-refractivity contribution in [3.8, 4) is 0 Å². The number of benzene rings is 2. The maximum Gasteiger partial charge on any atom is 0.186 e. The minimum Gasteiger partial charge on any atom is -0.345 e. The second-order valence-electron chi connectivity index (χ2n) is 10.2. The number of hydrogen-bond acceptors (Lipinski definition) is 6. The highest BCUT2D eigenvalue weighted by Crippen LogP contribution is 2.35. The Hall–Kier alpha value is -2.96. The largest absolute Gasteiger partial charge is 0.345 e. The van der Waals surface area contributed by atoms with Gasteiger partial charge in [0.15, 0.2) is 5.13 Å². The molecule has 0 amide bonds. The van der Waals surface area contributed by atoms with E-state index in [0.717, 1.165) is 28.9 Å². The van der Waals surface area contributed by atoms with Crippen molar-refractivity contribution in [1.29, 1.82) is 0 Å². The van der Waals surface area contributed by atoms with Gasteiger partial charge in [-0.05, 0) is 67.6 Å². The molecule has 0 radical (unpaired) electrons. The first-order valence-electron chi connectivity index (χ1n) is 13.3. The van der Waals surface area contributed by atoms with E-state index >= 15 is 0 Å². The zero-order valence-electron chi connectivity index (χ0n) is 21.1. The van der Waals surface area contributed by atoms with Crippen LogP contribution in [-0.2, 0) is 6.54 Å². The number of thiazole rings is 1. The van der Waals surface area contributed by atoms with Crippen molar-refractivity contribution in [2.24, 2.45) is 0 Å². The highest BCUT2D eigenvalue weighted by molar-refractivity contribution is 7.22. The number of piperidine rings is 1. The van der Waals surface area contributed by atoms with Crippen molar-refractivity contribution < 1.29 is 0 Å². The summed E-state index contributed by atoms with van der Waals surface area (Å²) in [4.78, 5) is 16.8. The van der Waals surface area contributed by atoms with E-state index in [0.29, 0.717) is 6.04 Å². The van der Waals surface area contributed by atoms with E-state index in [1.807, 2.05) is 35.9 Å². The third kappa shape index (κ3) is 4.97. The van der Waals surface area contributed by atoms with E-state index in [-0.39, 0.29) is 0 Å². The number of likely N-dealkylation sites (tertiary alicyclic amines) is 1. The number of fused-ring (bicyclic) bond motifs is 1. The molecule has 0 bridgehead atoms. The van der Waals surface area contributed by atoms with Gasteiger partial charge in [-0.15, -0.1) is 0 Å². The lowest BCUT2D eigenvalue weighted by Gasteiger charge is -2.40. The first kappa shape index (κ1) is 23.4. The lowest BCUT2D eigenvalue weighted by Crippen LogP contribution is -2.47. The molecule has 1 aliphatic carbocycles. The van der Waals surface area contributed by atoms with Crippen molar-refractivity contribution in [2.45, 2.75) is 57.2 Å². The Labute approximate surface area is 218 Å². The molecule has 3 heterocycles. The quantitative estimate of drug-likeness (QED) is 0.278. The number of rotatable bonds is 7. The molecule has 2 aromatic heterocycles. The van der Waals surface area contributed by atoms with Gasteiger partial charge in [0, 0.05) is 62.5 Å². The Morgan fingerprint density at radius 2 is 1.56 bits per heavy atom. The van der Waals surface area contributed by atoms with Crippen LogP contribution in [0.15, 0.2) is 73.1 Å². The summed E-state index contributed by atoms with van der Waals surface area (Å²) >= 11 is 1.84. The predicted octanol–water partition coefficient (Wildman–Crippen LogP) is 6.87. The van der Waals surface area contributed by atoms with Gasteiger partial charge in [-0.2, -0.15) is 0 Å². The highest BCUT2D eigenvalue weighted by atomic mass is 32.1. The van der Waals surface area contributed by atoms with Crippen LogP contribution in [0.4, 0.5) is 16.5 Å². The maximum atomic E-state index is 5.08. The van der Waals surface area contributed by atoms with Crippen LogP contribution in [0.2, 0.25) is 0 Å². The molecule has 2 fully saturated rings. The first-order chi connectivity index (χ1) is 17.7. The number of aromatic nitrogens is 2. The Bertz CT molecular complexity index is 1220. The average molecular weight is 498 g/mol. The van der Waals surface area contributed by atoms with Gasteiger partial charge in [-0.25, -0.2) is 4.98 Å². The molecule has 0 N–H and O–H groups in total. The topological polar surface area (TPSA) is 35.5 Å². The molecule has 0 unspecified atom stereocenters. The van der Waals surface area contributed by atoms with Crippen LogP contribution in [0.3, 0.4) is 0 Å². The molecule has 1 aliphatic heterocycles. The maximum absolute atomic E-state index is 5.08. The second-order valence-corrected chi connectivity index (χ2v) is 11.2. The zero-order valence-corrected chi connectivity index (χ0v) is 21.9. The molecule has 2 aromatic carbocycles. The summed E-state index contributed by atoms with van der Waals surface area (Å²) in [6, 6.07) is 23.0. The Morgan fingerprint density at radius 1 is 0.861 bits per heavy atom. The Kier molecular flexibility index (Phi) is 6.88. The summed E-state index contributed by atoms with van der Waals surface area (Å²) < 4.78 is 1.27. The van der Waals surface area contributed by atoms with Crippen molar-refractivity contribution in [3.63, 3.8) is 0 Å². The van der Waals surface area contributed by atoms with Crippen LogP contribution in [0.1, 0.15) is 44.1 Å². The van der Waals surface area contributed by atoms with Crippen molar-refractivity contribution >= 4 is 38.1 Å². The predicted molar refractivity (Wildman–Crippen MR) is 151 cm³/mol. The third-order valence-electron chi connectivity index (χ3n) is 8.04. The van der Waals surface area contributed by atoms with Gasteiger partial charge in [-0.3, -0.25) is 4.98 Å². The summed E-state index contributed by atoms with van der Waals surface area (Å²) in [7, 11) is 2.11. The summed E-state index contributed by atoms with van der Waals surface area (Å²) in [5.74, 6) is 0. The second kappa shape index (κ2) is 10.6. The molecule has 6 heteroatoms. The van der Waals surface area contributed by atoms with E-state index in [4.69, 9.17) is 4.98 Å². The molecular formula is C30H35N5S. The van der Waals surface area contributed by atoms with E-state index in [1.54, 1.807) is 0 Å². The summed E-state index contributed by atoms with van der Waals surface area (Å²) in [5, 5.41) is 1.16. The molecule has 36 heavy (non-hydrogen) atoms. The smallest absolute Gasteiger partial charge is 0.186 e. The highest BCUT2D eigenvalue weighted by Gasteiger charge is 2.31. The van der Waals surface area contributed by atoms with Crippen LogP contribution >= 0.6 is 11.3 Å². The molecule has 0 atom stereocenters. The molecule has 2 aliphatic rings. The fourth-order valence-corrected chi connectivity index (χ4v) is 6.94. The average Bonchev–Trinajstić information content (AvgIpc) is 3.63. The molecule has 4 aromatic rings. The van der Waals surface area contributed by atoms with Crippen LogP contribution in [-0.4, -0.2) is 47.1 Å². The number of nitrogens with zero attached hydrogens (tertiary/aromatic N) is 5. The summed E-state index contributed by atoms with van der Waals surface area (Å²) in [6.45, 7) is 3.33. The summed E-state index contributed by atoms with van der Waals surface area (Å²) in [5.41, 5.74) is 4.77. The minimum absolute atomic E-state index is 0.530. The van der Waals surface area contributed by atoms with Gasteiger partial charge in [-0.1, -0.05) is 48.4 Å². The van der Waals surface area contributed by atoms with Crippen LogP contribution in [0.5, 0.6) is 0 Å². The van der Waals surface area contributed by atoms with Gasteiger partial charge in [0.2, 0.25) is 0 Å². The molecule has 6 rings (SSSR count). The van der Waals surface area contributed by atoms with Gasteiger partial charge in [0.25, 0.3) is 0 Å². The monoisotopic (exact) mass is 497 g/mol. The lowest BCUT2D eigenvalue weighted by molar-refractivity contribution is 0.152. The third-order valence-corrected chi connectivity index (χ3v) is 9.11. The zero-order chi connectivity index (χ0) is 24.3. The Balaban J connectivity index is 1.22. The van der Waals surface area contributed by atoms with Crippen LogP contribution in [0, 0.1) is 0 Å². The van der Waals surface area contributed by atoms with Gasteiger partial charge >= 0.3 is 0 Å². The number of anilines is 3. The normalized spacial score (nSPS) is 17.6. The number of para-hydroxylation sites is 1. The Morgan fingerprint density at radius 3 is 2.28 bits per heavy atom. The fourth-order valence-electron chi connectivity index (χ4n) is 5.91. The summed E-state index contributed by atoms with van der Waals surface area (Å²) in [6.07, 6.45) is 11.7. The molecule has 5 nitrogen and oxygen atoms in total. The minimum atomic E-state index is 0.530. The van der Waals surface area contributed by atoms with Gasteiger partial charge in [0.05, 0.1) is 10.2 Å². The van der Waals surface area contributed by atoms with Crippen LogP contribution < -0.4 is 9.80 Å². The van der Waals surface area contributed by atoms with E-state index < -0.39 is 0 Å². The molecule has 1 saturated carbocycles.